The molecule has 3 aromatic carbocycles. The first-order valence-corrected chi connectivity index (χ1v) is 8.10. The molecule has 3 aromatic rings. The van der Waals surface area contributed by atoms with Gasteiger partial charge < -0.3 is 5.11 Å². The average Bonchev–Trinajstić information content (AvgIpc) is 2.62. The minimum Gasteiger partial charge on any atom is -0.392 e. The number of rotatable bonds is 5. The summed E-state index contributed by atoms with van der Waals surface area (Å²) in [6.45, 7) is 2.32. The van der Waals surface area contributed by atoms with Crippen molar-refractivity contribution in [2.75, 3.05) is 0 Å². The summed E-state index contributed by atoms with van der Waals surface area (Å²) in [5, 5.41) is 9.25. The molecule has 0 spiro atoms. The van der Waals surface area contributed by atoms with E-state index in [9.17, 15) is 5.11 Å². The van der Waals surface area contributed by atoms with E-state index in [1.807, 2.05) is 12.1 Å². The van der Waals surface area contributed by atoms with Gasteiger partial charge in [-0.15, -0.1) is 0 Å². The summed E-state index contributed by atoms with van der Waals surface area (Å²) < 4.78 is 0. The zero-order valence-electron chi connectivity index (χ0n) is 13.5. The maximum atomic E-state index is 9.25. The van der Waals surface area contributed by atoms with Crippen molar-refractivity contribution in [2.24, 2.45) is 0 Å². The smallest absolute Gasteiger partial charge is 0.0681 e. The Hall–Kier alpha value is -2.38. The molecule has 0 bridgehead atoms. The van der Waals surface area contributed by atoms with Gasteiger partial charge in [0.15, 0.2) is 0 Å². The monoisotopic (exact) mass is 302 g/mol. The maximum absolute atomic E-state index is 9.25. The van der Waals surface area contributed by atoms with E-state index in [2.05, 4.69) is 67.6 Å². The molecule has 0 heterocycles. The van der Waals surface area contributed by atoms with E-state index in [0.717, 1.165) is 18.4 Å². The summed E-state index contributed by atoms with van der Waals surface area (Å²) in [6, 6.07) is 25.3. The van der Waals surface area contributed by atoms with Crippen LogP contribution in [-0.4, -0.2) is 5.11 Å². The van der Waals surface area contributed by atoms with Gasteiger partial charge in [-0.1, -0.05) is 72.8 Å². The van der Waals surface area contributed by atoms with E-state index in [4.69, 9.17) is 0 Å². The third-order valence-corrected chi connectivity index (χ3v) is 4.39. The highest BCUT2D eigenvalue weighted by Crippen LogP contribution is 2.26. The zero-order chi connectivity index (χ0) is 16.1. The number of hydrogen-bond donors (Lipinski definition) is 1. The van der Waals surface area contributed by atoms with Crippen molar-refractivity contribution in [3.05, 3.63) is 95.1 Å². The van der Waals surface area contributed by atoms with E-state index in [-0.39, 0.29) is 6.61 Å². The first-order valence-electron chi connectivity index (χ1n) is 8.10. The van der Waals surface area contributed by atoms with Gasteiger partial charge in [0.2, 0.25) is 0 Å². The number of aliphatic hydroxyl groups excluding tert-OH is 1. The molecule has 0 radical (unpaired) electrons. The topological polar surface area (TPSA) is 20.2 Å². The van der Waals surface area contributed by atoms with Gasteiger partial charge >= 0.3 is 0 Å². The van der Waals surface area contributed by atoms with Gasteiger partial charge in [0.1, 0.15) is 0 Å². The molecule has 1 nitrogen and oxygen atoms in total. The SMILES string of the molecule is Cc1c(CCc2cccc(CO)c2)cccc1-c1ccccc1. The van der Waals surface area contributed by atoms with Crippen LogP contribution in [0.2, 0.25) is 0 Å². The zero-order valence-corrected chi connectivity index (χ0v) is 13.5. The molecular weight excluding hydrogens is 280 g/mol. The number of benzene rings is 3. The molecule has 0 fully saturated rings. The molecule has 0 unspecified atom stereocenters. The highest BCUT2D eigenvalue weighted by atomic mass is 16.3. The van der Waals surface area contributed by atoms with Crippen molar-refractivity contribution in [1.29, 1.82) is 0 Å². The molecule has 0 aliphatic carbocycles. The highest BCUT2D eigenvalue weighted by Gasteiger charge is 2.06. The lowest BCUT2D eigenvalue weighted by atomic mass is 9.93. The fourth-order valence-corrected chi connectivity index (χ4v) is 3.05. The highest BCUT2D eigenvalue weighted by molar-refractivity contribution is 5.68. The molecular formula is C22H22O. The van der Waals surface area contributed by atoms with Crippen molar-refractivity contribution in [3.63, 3.8) is 0 Å². The van der Waals surface area contributed by atoms with Crippen LogP contribution in [0.1, 0.15) is 22.3 Å². The molecule has 0 aliphatic rings. The normalized spacial score (nSPS) is 10.7. The van der Waals surface area contributed by atoms with Crippen LogP contribution < -0.4 is 0 Å². The van der Waals surface area contributed by atoms with Crippen LogP contribution in [0.5, 0.6) is 0 Å². The molecule has 0 amide bonds. The summed E-state index contributed by atoms with van der Waals surface area (Å²) in [6.07, 6.45) is 2.01. The third kappa shape index (κ3) is 3.69. The predicted molar refractivity (Wildman–Crippen MR) is 96.4 cm³/mol. The Balaban J connectivity index is 1.81. The van der Waals surface area contributed by atoms with Crippen LogP contribution in [0.15, 0.2) is 72.8 Å². The standard InChI is InChI=1S/C22H22O/c1-17-20(14-13-18-7-5-8-19(15-18)16-23)11-6-12-22(17)21-9-3-2-4-10-21/h2-12,15,23H,13-14,16H2,1H3. The van der Waals surface area contributed by atoms with Gasteiger partial charge in [-0.2, -0.15) is 0 Å². The van der Waals surface area contributed by atoms with Crippen LogP contribution in [0.25, 0.3) is 11.1 Å². The summed E-state index contributed by atoms with van der Waals surface area (Å²) in [4.78, 5) is 0. The quantitative estimate of drug-likeness (QED) is 0.708. The number of hydrogen-bond acceptors (Lipinski definition) is 1. The van der Waals surface area contributed by atoms with E-state index < -0.39 is 0 Å². The molecule has 1 N–H and O–H groups in total. The van der Waals surface area contributed by atoms with E-state index in [1.165, 1.54) is 27.8 Å². The van der Waals surface area contributed by atoms with Gasteiger partial charge in [0.05, 0.1) is 6.61 Å². The maximum Gasteiger partial charge on any atom is 0.0681 e. The summed E-state index contributed by atoms with van der Waals surface area (Å²) in [7, 11) is 0. The number of aliphatic hydroxyl groups is 1. The Labute approximate surface area is 138 Å². The fraction of sp³-hybridized carbons (Fsp3) is 0.182. The van der Waals surface area contributed by atoms with Crippen molar-refractivity contribution in [2.45, 2.75) is 26.4 Å². The lowest BCUT2D eigenvalue weighted by molar-refractivity contribution is 0.281. The molecule has 0 aromatic heterocycles. The minimum atomic E-state index is 0.108. The van der Waals surface area contributed by atoms with Crippen molar-refractivity contribution in [1.82, 2.24) is 0 Å². The molecule has 0 saturated heterocycles. The second-order valence-corrected chi connectivity index (χ2v) is 5.93. The van der Waals surface area contributed by atoms with Crippen molar-refractivity contribution in [3.8, 4) is 11.1 Å². The van der Waals surface area contributed by atoms with Crippen molar-refractivity contribution >= 4 is 0 Å². The van der Waals surface area contributed by atoms with Gasteiger partial charge in [-0.3, -0.25) is 0 Å². The van der Waals surface area contributed by atoms with Crippen LogP contribution in [0.4, 0.5) is 0 Å². The van der Waals surface area contributed by atoms with E-state index in [1.54, 1.807) is 0 Å². The Morgan fingerprint density at radius 1 is 0.739 bits per heavy atom. The largest absolute Gasteiger partial charge is 0.392 e. The average molecular weight is 302 g/mol. The molecule has 0 saturated carbocycles. The molecule has 23 heavy (non-hydrogen) atoms. The lowest BCUT2D eigenvalue weighted by Gasteiger charge is -2.12. The first kappa shape index (κ1) is 15.5. The molecule has 0 atom stereocenters. The van der Waals surface area contributed by atoms with Gasteiger partial charge in [0, 0.05) is 0 Å². The molecule has 3 rings (SSSR count). The minimum absolute atomic E-state index is 0.108. The van der Waals surface area contributed by atoms with Crippen LogP contribution in [0, 0.1) is 6.92 Å². The van der Waals surface area contributed by atoms with Gasteiger partial charge in [-0.05, 0) is 53.1 Å². The third-order valence-electron chi connectivity index (χ3n) is 4.39. The molecule has 1 heteroatoms. The second-order valence-electron chi connectivity index (χ2n) is 5.93. The fourth-order valence-electron chi connectivity index (χ4n) is 3.05. The Kier molecular flexibility index (Phi) is 4.89. The van der Waals surface area contributed by atoms with Gasteiger partial charge in [0.25, 0.3) is 0 Å². The van der Waals surface area contributed by atoms with Crippen LogP contribution in [0.3, 0.4) is 0 Å². The lowest BCUT2D eigenvalue weighted by Crippen LogP contribution is -1.97. The van der Waals surface area contributed by atoms with E-state index in [0.29, 0.717) is 0 Å². The molecule has 116 valence electrons. The molecule has 0 aliphatic heterocycles. The summed E-state index contributed by atoms with van der Waals surface area (Å²) >= 11 is 0. The summed E-state index contributed by atoms with van der Waals surface area (Å²) in [5.74, 6) is 0. The van der Waals surface area contributed by atoms with E-state index >= 15 is 0 Å². The first-order chi connectivity index (χ1) is 11.3. The number of aryl methyl sites for hydroxylation is 2. The van der Waals surface area contributed by atoms with Crippen LogP contribution >= 0.6 is 0 Å². The Bertz CT molecular complexity index is 775. The Morgan fingerprint density at radius 3 is 2.26 bits per heavy atom. The Morgan fingerprint density at radius 2 is 1.48 bits per heavy atom. The predicted octanol–water partition coefficient (Wildman–Crippen LogP) is 4.94. The summed E-state index contributed by atoms with van der Waals surface area (Å²) in [5.41, 5.74) is 7.59. The second kappa shape index (κ2) is 7.26. The van der Waals surface area contributed by atoms with Gasteiger partial charge in [-0.25, -0.2) is 0 Å². The van der Waals surface area contributed by atoms with Crippen molar-refractivity contribution < 1.29 is 5.11 Å². The van der Waals surface area contributed by atoms with Crippen LogP contribution in [-0.2, 0) is 19.4 Å².